The molecular weight excluding hydrogens is 349 g/mol. The SMILES string of the molecule is O=C(COC(=O)c1cccnc1N1CCCC1)NCCc1ccc(F)cc1. The highest BCUT2D eigenvalue weighted by Gasteiger charge is 2.21. The predicted molar refractivity (Wildman–Crippen MR) is 99.1 cm³/mol. The van der Waals surface area contributed by atoms with E-state index in [4.69, 9.17) is 4.74 Å². The van der Waals surface area contributed by atoms with Gasteiger partial charge in [0.05, 0.1) is 0 Å². The van der Waals surface area contributed by atoms with Crippen LogP contribution in [0.3, 0.4) is 0 Å². The largest absolute Gasteiger partial charge is 0.452 e. The summed E-state index contributed by atoms with van der Waals surface area (Å²) in [5, 5.41) is 2.69. The molecule has 1 N–H and O–H groups in total. The summed E-state index contributed by atoms with van der Waals surface area (Å²) in [7, 11) is 0. The third-order valence-corrected chi connectivity index (χ3v) is 4.40. The maximum atomic E-state index is 12.9. The predicted octanol–water partition coefficient (Wildman–Crippen LogP) is 2.34. The van der Waals surface area contributed by atoms with Crippen LogP contribution in [-0.2, 0) is 16.0 Å². The van der Waals surface area contributed by atoms with Crippen LogP contribution in [0.1, 0.15) is 28.8 Å². The molecule has 1 fully saturated rings. The number of anilines is 1. The Morgan fingerprint density at radius 1 is 1.15 bits per heavy atom. The molecule has 0 bridgehead atoms. The molecular formula is C20H22FN3O3. The Labute approximate surface area is 157 Å². The lowest BCUT2D eigenvalue weighted by molar-refractivity contribution is -0.124. The zero-order chi connectivity index (χ0) is 19.1. The van der Waals surface area contributed by atoms with E-state index in [2.05, 4.69) is 15.2 Å². The molecule has 2 heterocycles. The van der Waals surface area contributed by atoms with Crippen molar-refractivity contribution in [3.63, 3.8) is 0 Å². The van der Waals surface area contributed by atoms with Gasteiger partial charge in [-0.1, -0.05) is 12.1 Å². The quantitative estimate of drug-likeness (QED) is 0.757. The molecule has 0 spiro atoms. The standard InChI is InChI=1S/C20H22FN3O3/c21-16-7-5-15(6-8-16)9-11-22-18(25)14-27-20(26)17-4-3-10-23-19(17)24-12-1-2-13-24/h3-8,10H,1-2,9,11-14H2,(H,22,25). The van der Waals surface area contributed by atoms with E-state index >= 15 is 0 Å². The van der Waals surface area contributed by atoms with Crippen LogP contribution in [-0.4, -0.2) is 43.1 Å². The Morgan fingerprint density at radius 2 is 1.89 bits per heavy atom. The molecule has 1 amide bonds. The highest BCUT2D eigenvalue weighted by atomic mass is 19.1. The van der Waals surface area contributed by atoms with Gasteiger partial charge in [-0.25, -0.2) is 14.2 Å². The van der Waals surface area contributed by atoms with Gasteiger partial charge in [0.2, 0.25) is 0 Å². The average Bonchev–Trinajstić information content (AvgIpc) is 3.22. The molecule has 1 aromatic heterocycles. The molecule has 6 nitrogen and oxygen atoms in total. The first-order valence-corrected chi connectivity index (χ1v) is 9.02. The summed E-state index contributed by atoms with van der Waals surface area (Å²) in [6.07, 6.45) is 4.36. The van der Waals surface area contributed by atoms with E-state index < -0.39 is 5.97 Å². The Bertz CT molecular complexity index is 789. The van der Waals surface area contributed by atoms with Crippen LogP contribution >= 0.6 is 0 Å². The van der Waals surface area contributed by atoms with Gasteiger partial charge in [0.15, 0.2) is 6.61 Å². The lowest BCUT2D eigenvalue weighted by Crippen LogP contribution is -2.31. The van der Waals surface area contributed by atoms with Crippen molar-refractivity contribution in [1.82, 2.24) is 10.3 Å². The fourth-order valence-corrected chi connectivity index (χ4v) is 2.99. The Kier molecular flexibility index (Phi) is 6.35. The second-order valence-corrected chi connectivity index (χ2v) is 6.37. The topological polar surface area (TPSA) is 71.5 Å². The van der Waals surface area contributed by atoms with Crippen molar-refractivity contribution in [1.29, 1.82) is 0 Å². The molecule has 0 aliphatic carbocycles. The molecule has 1 aromatic carbocycles. The van der Waals surface area contributed by atoms with Crippen molar-refractivity contribution in [2.45, 2.75) is 19.3 Å². The number of hydrogen-bond acceptors (Lipinski definition) is 5. The summed E-state index contributed by atoms with van der Waals surface area (Å²) < 4.78 is 18.0. The van der Waals surface area contributed by atoms with Crippen molar-refractivity contribution < 1.29 is 18.7 Å². The first-order chi connectivity index (χ1) is 13.1. The van der Waals surface area contributed by atoms with Gasteiger partial charge in [0.25, 0.3) is 5.91 Å². The number of ether oxygens (including phenoxy) is 1. The Morgan fingerprint density at radius 3 is 2.63 bits per heavy atom. The zero-order valence-corrected chi connectivity index (χ0v) is 15.0. The van der Waals surface area contributed by atoms with Crippen LogP contribution in [0.2, 0.25) is 0 Å². The summed E-state index contributed by atoms with van der Waals surface area (Å²) in [6.45, 7) is 1.76. The highest BCUT2D eigenvalue weighted by molar-refractivity contribution is 5.96. The number of hydrogen-bond donors (Lipinski definition) is 1. The summed E-state index contributed by atoms with van der Waals surface area (Å²) in [4.78, 5) is 30.6. The minimum Gasteiger partial charge on any atom is -0.452 e. The van der Waals surface area contributed by atoms with E-state index in [-0.39, 0.29) is 18.3 Å². The normalized spacial score (nSPS) is 13.4. The smallest absolute Gasteiger partial charge is 0.342 e. The van der Waals surface area contributed by atoms with Crippen LogP contribution in [0, 0.1) is 5.82 Å². The van der Waals surface area contributed by atoms with Crippen LogP contribution < -0.4 is 10.2 Å². The van der Waals surface area contributed by atoms with Gasteiger partial charge < -0.3 is 15.0 Å². The number of nitrogens with zero attached hydrogens (tertiary/aromatic N) is 2. The van der Waals surface area contributed by atoms with Crippen molar-refractivity contribution in [3.8, 4) is 0 Å². The molecule has 1 saturated heterocycles. The molecule has 1 aliphatic rings. The van der Waals surface area contributed by atoms with Crippen molar-refractivity contribution in [3.05, 3.63) is 59.5 Å². The monoisotopic (exact) mass is 371 g/mol. The number of halogens is 1. The maximum absolute atomic E-state index is 12.9. The second-order valence-electron chi connectivity index (χ2n) is 6.37. The maximum Gasteiger partial charge on any atom is 0.342 e. The van der Waals surface area contributed by atoms with E-state index in [1.165, 1.54) is 12.1 Å². The third-order valence-electron chi connectivity index (χ3n) is 4.40. The van der Waals surface area contributed by atoms with Gasteiger partial charge in [-0.2, -0.15) is 0 Å². The molecule has 1 aliphatic heterocycles. The van der Waals surface area contributed by atoms with Crippen molar-refractivity contribution in [2.24, 2.45) is 0 Å². The number of amides is 1. The third kappa shape index (κ3) is 5.26. The van der Waals surface area contributed by atoms with E-state index in [1.54, 1.807) is 30.5 Å². The fraction of sp³-hybridized carbons (Fsp3) is 0.350. The van der Waals surface area contributed by atoms with E-state index in [9.17, 15) is 14.0 Å². The number of aromatic nitrogens is 1. The van der Waals surface area contributed by atoms with Gasteiger partial charge in [0, 0.05) is 25.8 Å². The summed E-state index contributed by atoms with van der Waals surface area (Å²) >= 11 is 0. The molecule has 0 atom stereocenters. The van der Waals surface area contributed by atoms with Crippen LogP contribution in [0.5, 0.6) is 0 Å². The molecule has 142 valence electrons. The first-order valence-electron chi connectivity index (χ1n) is 9.02. The fourth-order valence-electron chi connectivity index (χ4n) is 2.99. The van der Waals surface area contributed by atoms with E-state index in [0.29, 0.717) is 24.3 Å². The second kappa shape index (κ2) is 9.12. The van der Waals surface area contributed by atoms with Crippen LogP contribution in [0.25, 0.3) is 0 Å². The average molecular weight is 371 g/mol. The molecule has 3 rings (SSSR count). The molecule has 0 radical (unpaired) electrons. The number of carbonyl (C=O) groups excluding carboxylic acids is 2. The van der Waals surface area contributed by atoms with Crippen molar-refractivity contribution in [2.75, 3.05) is 31.1 Å². The molecule has 2 aromatic rings. The van der Waals surface area contributed by atoms with Gasteiger partial charge in [-0.15, -0.1) is 0 Å². The van der Waals surface area contributed by atoms with E-state index in [1.807, 2.05) is 0 Å². The number of benzene rings is 1. The number of carbonyl (C=O) groups is 2. The summed E-state index contributed by atoms with van der Waals surface area (Å²) in [5.41, 5.74) is 1.29. The van der Waals surface area contributed by atoms with Gasteiger partial charge in [-0.3, -0.25) is 4.79 Å². The highest BCUT2D eigenvalue weighted by Crippen LogP contribution is 2.22. The number of esters is 1. The first kappa shape index (κ1) is 18.8. The number of pyridine rings is 1. The van der Waals surface area contributed by atoms with Gasteiger partial charge >= 0.3 is 5.97 Å². The van der Waals surface area contributed by atoms with E-state index in [0.717, 1.165) is 31.5 Å². The van der Waals surface area contributed by atoms with Crippen molar-refractivity contribution >= 4 is 17.7 Å². The van der Waals surface area contributed by atoms with Crippen LogP contribution in [0.15, 0.2) is 42.6 Å². The molecule has 27 heavy (non-hydrogen) atoms. The van der Waals surface area contributed by atoms with Gasteiger partial charge in [0.1, 0.15) is 17.2 Å². The molecule has 0 unspecified atom stereocenters. The summed E-state index contributed by atoms with van der Waals surface area (Å²) in [5.74, 6) is -0.620. The summed E-state index contributed by atoms with van der Waals surface area (Å²) in [6, 6.07) is 9.44. The number of rotatable bonds is 7. The number of nitrogens with one attached hydrogen (secondary N) is 1. The minimum atomic E-state index is -0.557. The molecule has 0 saturated carbocycles. The Balaban J connectivity index is 1.46. The van der Waals surface area contributed by atoms with Crippen LogP contribution in [0.4, 0.5) is 10.2 Å². The Hall–Kier alpha value is -2.96. The van der Waals surface area contributed by atoms with Gasteiger partial charge in [-0.05, 0) is 49.1 Å². The molecule has 7 heteroatoms. The zero-order valence-electron chi connectivity index (χ0n) is 15.0. The lowest BCUT2D eigenvalue weighted by Gasteiger charge is -2.18. The lowest BCUT2D eigenvalue weighted by atomic mass is 10.1. The minimum absolute atomic E-state index is 0.293.